The molecule has 15 heavy (non-hydrogen) atoms. The third-order valence-corrected chi connectivity index (χ3v) is 3.55. The van der Waals surface area contributed by atoms with E-state index in [1.807, 2.05) is 4.90 Å². The van der Waals surface area contributed by atoms with Crippen LogP contribution in [0.1, 0.15) is 39.5 Å². The number of hydrogen-bond donors (Lipinski definition) is 1. The Kier molecular flexibility index (Phi) is 3.29. The van der Waals surface area contributed by atoms with Gasteiger partial charge in [0.2, 0.25) is 5.91 Å². The molecule has 0 spiro atoms. The highest BCUT2D eigenvalue weighted by Gasteiger charge is 2.32. The Morgan fingerprint density at radius 2 is 2.07 bits per heavy atom. The van der Waals surface area contributed by atoms with E-state index in [2.05, 4.69) is 19.2 Å². The molecule has 0 bridgehead atoms. The maximum atomic E-state index is 11.9. The summed E-state index contributed by atoms with van der Waals surface area (Å²) in [5.74, 6) is 1.11. The summed E-state index contributed by atoms with van der Waals surface area (Å²) in [5, 5.41) is 3.35. The Balaban J connectivity index is 1.70. The second-order valence-corrected chi connectivity index (χ2v) is 4.92. The van der Waals surface area contributed by atoms with Crippen LogP contribution in [-0.2, 0) is 4.79 Å². The quantitative estimate of drug-likeness (QED) is 0.718. The summed E-state index contributed by atoms with van der Waals surface area (Å²) in [5.41, 5.74) is 0. The summed E-state index contributed by atoms with van der Waals surface area (Å²) in [6.45, 7) is 5.66. The zero-order chi connectivity index (χ0) is 10.8. The van der Waals surface area contributed by atoms with Gasteiger partial charge in [0.15, 0.2) is 0 Å². The SMILES string of the molecule is CCN(C(=O)CNC(C)C1CC1)C1CC1. The van der Waals surface area contributed by atoms with Gasteiger partial charge < -0.3 is 10.2 Å². The number of hydrogen-bond acceptors (Lipinski definition) is 2. The molecule has 86 valence electrons. The third-order valence-electron chi connectivity index (χ3n) is 3.55. The fourth-order valence-electron chi connectivity index (χ4n) is 2.14. The minimum atomic E-state index is 0.285. The highest BCUT2D eigenvalue weighted by atomic mass is 16.2. The predicted molar refractivity (Wildman–Crippen MR) is 60.6 cm³/mol. The first kappa shape index (κ1) is 10.9. The molecule has 1 unspecified atom stereocenters. The molecule has 0 aliphatic heterocycles. The first-order chi connectivity index (χ1) is 7.22. The summed E-state index contributed by atoms with van der Waals surface area (Å²) < 4.78 is 0. The first-order valence-corrected chi connectivity index (χ1v) is 6.25. The van der Waals surface area contributed by atoms with Gasteiger partial charge in [-0.25, -0.2) is 0 Å². The minimum absolute atomic E-state index is 0.285. The van der Waals surface area contributed by atoms with Crippen LogP contribution in [0.4, 0.5) is 0 Å². The smallest absolute Gasteiger partial charge is 0.236 e. The van der Waals surface area contributed by atoms with Crippen LogP contribution in [0.5, 0.6) is 0 Å². The molecule has 2 saturated carbocycles. The first-order valence-electron chi connectivity index (χ1n) is 6.25. The monoisotopic (exact) mass is 210 g/mol. The summed E-state index contributed by atoms with van der Waals surface area (Å²) in [4.78, 5) is 13.9. The largest absolute Gasteiger partial charge is 0.339 e. The molecule has 0 heterocycles. The highest BCUT2D eigenvalue weighted by molar-refractivity contribution is 5.78. The fourth-order valence-corrected chi connectivity index (χ4v) is 2.14. The Morgan fingerprint density at radius 1 is 1.40 bits per heavy atom. The number of nitrogens with one attached hydrogen (secondary N) is 1. The normalized spacial score (nSPS) is 22.5. The molecule has 0 saturated heterocycles. The topological polar surface area (TPSA) is 32.3 Å². The van der Waals surface area contributed by atoms with Crippen molar-refractivity contribution in [2.75, 3.05) is 13.1 Å². The zero-order valence-corrected chi connectivity index (χ0v) is 9.83. The van der Waals surface area contributed by atoms with Gasteiger partial charge in [0.1, 0.15) is 0 Å². The predicted octanol–water partition coefficient (Wildman–Crippen LogP) is 1.39. The van der Waals surface area contributed by atoms with Crippen LogP contribution in [0.25, 0.3) is 0 Å². The van der Waals surface area contributed by atoms with Gasteiger partial charge in [-0.15, -0.1) is 0 Å². The van der Waals surface area contributed by atoms with Gasteiger partial charge in [-0.05, 0) is 45.4 Å². The van der Waals surface area contributed by atoms with Gasteiger partial charge in [-0.2, -0.15) is 0 Å². The van der Waals surface area contributed by atoms with E-state index in [1.54, 1.807) is 0 Å². The number of rotatable bonds is 6. The van der Waals surface area contributed by atoms with Crippen LogP contribution in [-0.4, -0.2) is 36.0 Å². The molecule has 0 aromatic carbocycles. The van der Waals surface area contributed by atoms with Gasteiger partial charge in [-0.3, -0.25) is 4.79 Å². The van der Waals surface area contributed by atoms with Crippen molar-refractivity contribution in [3.63, 3.8) is 0 Å². The standard InChI is InChI=1S/C12H22N2O/c1-3-14(11-6-7-11)12(15)8-13-9(2)10-4-5-10/h9-11,13H,3-8H2,1-2H3. The van der Waals surface area contributed by atoms with Crippen LogP contribution in [0.2, 0.25) is 0 Å². The van der Waals surface area contributed by atoms with Crippen molar-refractivity contribution in [2.24, 2.45) is 5.92 Å². The van der Waals surface area contributed by atoms with Crippen LogP contribution < -0.4 is 5.32 Å². The number of carbonyl (C=O) groups excluding carboxylic acids is 1. The van der Waals surface area contributed by atoms with Crippen LogP contribution >= 0.6 is 0 Å². The lowest BCUT2D eigenvalue weighted by atomic mass is 10.2. The molecule has 2 aliphatic carbocycles. The number of nitrogens with zero attached hydrogens (tertiary/aromatic N) is 1. The van der Waals surface area contributed by atoms with Crippen molar-refractivity contribution in [1.82, 2.24) is 10.2 Å². The average Bonchev–Trinajstić information content (AvgIpc) is 3.02. The maximum absolute atomic E-state index is 11.9. The molecule has 0 radical (unpaired) electrons. The molecule has 3 nitrogen and oxygen atoms in total. The lowest BCUT2D eigenvalue weighted by Gasteiger charge is -2.22. The van der Waals surface area contributed by atoms with E-state index in [-0.39, 0.29) is 5.91 Å². The van der Waals surface area contributed by atoms with Gasteiger partial charge >= 0.3 is 0 Å². The van der Waals surface area contributed by atoms with E-state index >= 15 is 0 Å². The van der Waals surface area contributed by atoms with Crippen LogP contribution in [0.15, 0.2) is 0 Å². The van der Waals surface area contributed by atoms with Crippen molar-refractivity contribution < 1.29 is 4.79 Å². The second kappa shape index (κ2) is 4.52. The van der Waals surface area contributed by atoms with E-state index < -0.39 is 0 Å². The Morgan fingerprint density at radius 3 is 2.53 bits per heavy atom. The average molecular weight is 210 g/mol. The summed E-state index contributed by atoms with van der Waals surface area (Å²) in [7, 11) is 0. The van der Waals surface area contributed by atoms with Crippen LogP contribution in [0, 0.1) is 5.92 Å². The molecule has 1 amide bonds. The van der Waals surface area contributed by atoms with Crippen molar-refractivity contribution in [2.45, 2.75) is 51.6 Å². The Labute approximate surface area is 92.2 Å². The number of carbonyl (C=O) groups is 1. The third kappa shape index (κ3) is 2.94. The summed E-state index contributed by atoms with van der Waals surface area (Å²) in [6.07, 6.45) is 5.08. The molecule has 0 aromatic rings. The van der Waals surface area contributed by atoms with Crippen molar-refractivity contribution in [1.29, 1.82) is 0 Å². The number of likely N-dealkylation sites (N-methyl/N-ethyl adjacent to an activating group) is 1. The molecule has 1 N–H and O–H groups in total. The van der Waals surface area contributed by atoms with Gasteiger partial charge in [-0.1, -0.05) is 0 Å². The van der Waals surface area contributed by atoms with E-state index in [1.165, 1.54) is 25.7 Å². The van der Waals surface area contributed by atoms with E-state index in [0.717, 1.165) is 12.5 Å². The van der Waals surface area contributed by atoms with Crippen molar-refractivity contribution in [3.05, 3.63) is 0 Å². The molecular weight excluding hydrogens is 188 g/mol. The highest BCUT2D eigenvalue weighted by Crippen LogP contribution is 2.32. The zero-order valence-electron chi connectivity index (χ0n) is 9.83. The molecule has 1 atom stereocenters. The molecule has 2 fully saturated rings. The summed E-state index contributed by atoms with van der Waals surface area (Å²) in [6, 6.07) is 1.08. The maximum Gasteiger partial charge on any atom is 0.236 e. The van der Waals surface area contributed by atoms with Crippen LogP contribution in [0.3, 0.4) is 0 Å². The lowest BCUT2D eigenvalue weighted by Crippen LogP contribution is -2.42. The number of amides is 1. The molecule has 0 aromatic heterocycles. The Hall–Kier alpha value is -0.570. The summed E-state index contributed by atoms with van der Waals surface area (Å²) >= 11 is 0. The van der Waals surface area contributed by atoms with E-state index in [0.29, 0.717) is 18.6 Å². The van der Waals surface area contributed by atoms with Crippen molar-refractivity contribution >= 4 is 5.91 Å². The fraction of sp³-hybridized carbons (Fsp3) is 0.917. The van der Waals surface area contributed by atoms with Crippen molar-refractivity contribution in [3.8, 4) is 0 Å². The van der Waals surface area contributed by atoms with E-state index in [9.17, 15) is 4.79 Å². The lowest BCUT2D eigenvalue weighted by molar-refractivity contribution is -0.130. The molecular formula is C12H22N2O. The second-order valence-electron chi connectivity index (χ2n) is 4.92. The minimum Gasteiger partial charge on any atom is -0.339 e. The van der Waals surface area contributed by atoms with Gasteiger partial charge in [0.25, 0.3) is 0 Å². The van der Waals surface area contributed by atoms with Gasteiger partial charge in [0, 0.05) is 18.6 Å². The van der Waals surface area contributed by atoms with Gasteiger partial charge in [0.05, 0.1) is 6.54 Å². The Bertz CT molecular complexity index is 234. The molecule has 3 heteroatoms. The van der Waals surface area contributed by atoms with E-state index in [4.69, 9.17) is 0 Å². The molecule has 2 rings (SSSR count). The molecule has 2 aliphatic rings.